The van der Waals surface area contributed by atoms with E-state index in [0.717, 1.165) is 5.56 Å². The van der Waals surface area contributed by atoms with E-state index in [1.807, 2.05) is 36.4 Å². The molecule has 0 amide bonds. The Morgan fingerprint density at radius 1 is 1.46 bits per heavy atom. The summed E-state index contributed by atoms with van der Waals surface area (Å²) < 4.78 is 4.90. The average molecular weight is 176 g/mol. The molecular weight excluding hydrogens is 164 g/mol. The van der Waals surface area contributed by atoms with Crippen LogP contribution in [0.5, 0.6) is 0 Å². The summed E-state index contributed by atoms with van der Waals surface area (Å²) in [5.41, 5.74) is 5.59. The zero-order valence-electron chi connectivity index (χ0n) is 7.53. The highest BCUT2D eigenvalue weighted by Crippen LogP contribution is 2.16. The Kier molecular flexibility index (Phi) is 3.02. The molecule has 68 valence electrons. The molecule has 0 aliphatic carbocycles. The third kappa shape index (κ3) is 2.05. The Balaban J connectivity index is 2.98. The van der Waals surface area contributed by atoms with Gasteiger partial charge in [-0.15, -0.1) is 0 Å². The van der Waals surface area contributed by atoms with E-state index in [4.69, 9.17) is 15.7 Å². The van der Waals surface area contributed by atoms with Gasteiger partial charge in [0.2, 0.25) is 0 Å². The van der Waals surface area contributed by atoms with Crippen LogP contribution < -0.4 is 5.73 Å². The number of benzene rings is 1. The summed E-state index contributed by atoms with van der Waals surface area (Å²) in [5.74, 6) is 0. The van der Waals surface area contributed by atoms with Gasteiger partial charge in [-0.2, -0.15) is 5.26 Å². The molecule has 0 aliphatic rings. The Hall–Kier alpha value is -1.37. The van der Waals surface area contributed by atoms with Gasteiger partial charge in [0, 0.05) is 7.11 Å². The molecule has 0 fully saturated rings. The van der Waals surface area contributed by atoms with Gasteiger partial charge in [0.15, 0.2) is 5.54 Å². The summed E-state index contributed by atoms with van der Waals surface area (Å²) in [4.78, 5) is 0. The fourth-order valence-electron chi connectivity index (χ4n) is 1.14. The fraction of sp³-hybridized carbons (Fsp3) is 0.300. The monoisotopic (exact) mass is 176 g/mol. The summed E-state index contributed by atoms with van der Waals surface area (Å²) in [7, 11) is 1.53. The molecule has 1 atom stereocenters. The van der Waals surface area contributed by atoms with Gasteiger partial charge in [0.25, 0.3) is 0 Å². The molecule has 0 radical (unpaired) electrons. The van der Waals surface area contributed by atoms with Gasteiger partial charge in [-0.05, 0) is 5.56 Å². The molecule has 3 nitrogen and oxygen atoms in total. The van der Waals surface area contributed by atoms with Crippen LogP contribution in [-0.4, -0.2) is 13.7 Å². The molecule has 1 unspecified atom stereocenters. The van der Waals surface area contributed by atoms with Crippen molar-refractivity contribution in [1.82, 2.24) is 0 Å². The predicted molar refractivity (Wildman–Crippen MR) is 49.8 cm³/mol. The van der Waals surface area contributed by atoms with E-state index in [0.29, 0.717) is 0 Å². The molecule has 0 bridgehead atoms. The van der Waals surface area contributed by atoms with Gasteiger partial charge in [0.05, 0.1) is 12.7 Å². The molecule has 3 heteroatoms. The molecule has 0 saturated carbocycles. The Bertz CT molecular complexity index is 304. The van der Waals surface area contributed by atoms with Crippen LogP contribution in [0.15, 0.2) is 30.3 Å². The number of nitriles is 1. The number of rotatable bonds is 3. The molecule has 0 saturated heterocycles. The molecule has 0 aliphatic heterocycles. The van der Waals surface area contributed by atoms with Gasteiger partial charge in [-0.1, -0.05) is 30.3 Å². The second-order valence-corrected chi connectivity index (χ2v) is 2.88. The Morgan fingerprint density at radius 3 is 2.54 bits per heavy atom. The highest BCUT2D eigenvalue weighted by atomic mass is 16.5. The van der Waals surface area contributed by atoms with E-state index in [1.165, 1.54) is 7.11 Å². The third-order valence-corrected chi connectivity index (χ3v) is 1.86. The van der Waals surface area contributed by atoms with Crippen LogP contribution in [0.4, 0.5) is 0 Å². The van der Waals surface area contributed by atoms with Crippen molar-refractivity contribution < 1.29 is 4.74 Å². The molecule has 0 spiro atoms. The molecule has 2 N–H and O–H groups in total. The number of methoxy groups -OCH3 is 1. The quantitative estimate of drug-likeness (QED) is 0.747. The van der Waals surface area contributed by atoms with Crippen LogP contribution in [0, 0.1) is 11.3 Å². The highest BCUT2D eigenvalue weighted by Gasteiger charge is 2.26. The van der Waals surface area contributed by atoms with Crippen molar-refractivity contribution in [2.45, 2.75) is 5.54 Å². The second kappa shape index (κ2) is 4.04. The molecule has 0 heterocycles. The van der Waals surface area contributed by atoms with Crippen molar-refractivity contribution in [2.24, 2.45) is 5.73 Å². The zero-order valence-corrected chi connectivity index (χ0v) is 7.53. The topological polar surface area (TPSA) is 59.0 Å². The smallest absolute Gasteiger partial charge is 0.153 e. The van der Waals surface area contributed by atoms with E-state index >= 15 is 0 Å². The van der Waals surface area contributed by atoms with Crippen LogP contribution in [0.1, 0.15) is 5.56 Å². The first kappa shape index (κ1) is 9.72. The van der Waals surface area contributed by atoms with Crippen LogP contribution in [-0.2, 0) is 10.3 Å². The van der Waals surface area contributed by atoms with Gasteiger partial charge in [-0.3, -0.25) is 0 Å². The van der Waals surface area contributed by atoms with E-state index in [1.54, 1.807) is 0 Å². The molecule has 1 aromatic carbocycles. The predicted octanol–water partition coefficient (Wildman–Crippen LogP) is 1.01. The lowest BCUT2D eigenvalue weighted by Crippen LogP contribution is -2.39. The lowest BCUT2D eigenvalue weighted by molar-refractivity contribution is 0.156. The molecule has 13 heavy (non-hydrogen) atoms. The molecular formula is C10H12N2O. The van der Waals surface area contributed by atoms with Crippen molar-refractivity contribution in [3.05, 3.63) is 35.9 Å². The first-order valence-electron chi connectivity index (χ1n) is 3.97. The normalized spacial score (nSPS) is 14.5. The average Bonchev–Trinajstić information content (AvgIpc) is 2.19. The van der Waals surface area contributed by atoms with Crippen LogP contribution in [0.25, 0.3) is 0 Å². The van der Waals surface area contributed by atoms with Gasteiger partial charge >= 0.3 is 0 Å². The lowest BCUT2D eigenvalue weighted by Gasteiger charge is -2.20. The molecule has 0 aromatic heterocycles. The molecule has 1 rings (SSSR count). The third-order valence-electron chi connectivity index (χ3n) is 1.86. The number of nitrogens with two attached hydrogens (primary N) is 1. The summed E-state index contributed by atoms with van der Waals surface area (Å²) in [6.07, 6.45) is 0. The zero-order chi connectivity index (χ0) is 9.73. The number of hydrogen-bond acceptors (Lipinski definition) is 3. The summed E-state index contributed by atoms with van der Waals surface area (Å²) >= 11 is 0. The van der Waals surface area contributed by atoms with Crippen molar-refractivity contribution >= 4 is 0 Å². The fourth-order valence-corrected chi connectivity index (χ4v) is 1.14. The summed E-state index contributed by atoms with van der Waals surface area (Å²) in [6.45, 7) is 0.202. The largest absolute Gasteiger partial charge is 0.381 e. The minimum atomic E-state index is -1.03. The van der Waals surface area contributed by atoms with Crippen molar-refractivity contribution in [3.8, 4) is 6.07 Å². The number of ether oxygens (including phenoxy) is 1. The Labute approximate surface area is 77.7 Å². The molecule has 1 aromatic rings. The van der Waals surface area contributed by atoms with E-state index in [9.17, 15) is 0 Å². The maximum atomic E-state index is 8.91. The second-order valence-electron chi connectivity index (χ2n) is 2.88. The minimum Gasteiger partial charge on any atom is -0.381 e. The van der Waals surface area contributed by atoms with E-state index in [-0.39, 0.29) is 6.61 Å². The van der Waals surface area contributed by atoms with Crippen molar-refractivity contribution in [3.63, 3.8) is 0 Å². The lowest BCUT2D eigenvalue weighted by atomic mass is 9.94. The maximum Gasteiger partial charge on any atom is 0.153 e. The van der Waals surface area contributed by atoms with Crippen LogP contribution in [0.2, 0.25) is 0 Å². The van der Waals surface area contributed by atoms with Crippen LogP contribution >= 0.6 is 0 Å². The minimum absolute atomic E-state index is 0.202. The highest BCUT2D eigenvalue weighted by molar-refractivity contribution is 5.30. The standard InChI is InChI=1S/C10H12N2O/c1-13-8-10(12,7-11)9-5-3-2-4-6-9/h2-6H,8,12H2,1H3. The summed E-state index contributed by atoms with van der Waals surface area (Å²) in [5, 5.41) is 8.91. The van der Waals surface area contributed by atoms with Gasteiger partial charge in [-0.25, -0.2) is 0 Å². The van der Waals surface area contributed by atoms with E-state index < -0.39 is 5.54 Å². The maximum absolute atomic E-state index is 8.91. The van der Waals surface area contributed by atoms with Gasteiger partial charge < -0.3 is 10.5 Å². The first-order valence-corrected chi connectivity index (χ1v) is 3.97. The van der Waals surface area contributed by atoms with Crippen molar-refractivity contribution in [2.75, 3.05) is 13.7 Å². The number of nitrogens with zero attached hydrogens (tertiary/aromatic N) is 1. The SMILES string of the molecule is COCC(N)(C#N)c1ccccc1. The van der Waals surface area contributed by atoms with Gasteiger partial charge in [0.1, 0.15) is 0 Å². The summed E-state index contributed by atoms with van der Waals surface area (Å²) in [6, 6.07) is 11.3. The van der Waals surface area contributed by atoms with E-state index in [2.05, 4.69) is 0 Å². The first-order chi connectivity index (χ1) is 6.23. The van der Waals surface area contributed by atoms with Crippen molar-refractivity contribution in [1.29, 1.82) is 5.26 Å². The Morgan fingerprint density at radius 2 is 2.08 bits per heavy atom. The van der Waals surface area contributed by atoms with Crippen LogP contribution in [0.3, 0.4) is 0 Å². The number of hydrogen-bond donors (Lipinski definition) is 1.